The Bertz CT molecular complexity index is 859. The summed E-state index contributed by atoms with van der Waals surface area (Å²) in [6, 6.07) is 6.52. The van der Waals surface area contributed by atoms with Gasteiger partial charge in [0.2, 0.25) is 10.0 Å². The number of amides is 1. The maximum atomic E-state index is 13.1. The van der Waals surface area contributed by atoms with Gasteiger partial charge in [0, 0.05) is 17.4 Å². The molecular weight excluding hydrogens is 357 g/mol. The van der Waals surface area contributed by atoms with Gasteiger partial charge in [0.25, 0.3) is 5.91 Å². The molecule has 0 aliphatic rings. The molecule has 1 aromatic carbocycles. The lowest BCUT2D eigenvalue weighted by atomic mass is 10.2. The zero-order valence-electron chi connectivity index (χ0n) is 12.7. The summed E-state index contributed by atoms with van der Waals surface area (Å²) in [5.41, 5.74) is 0.510. The number of anilines is 2. The summed E-state index contributed by atoms with van der Waals surface area (Å²) in [5.74, 6) is -1.09. The molecule has 128 valence electrons. The third kappa shape index (κ3) is 4.90. The molecule has 0 atom stereocenters. The summed E-state index contributed by atoms with van der Waals surface area (Å²) >= 11 is 5.66. The molecular formula is C15H15ClFN3O3S. The number of carbonyl (C=O) groups excluding carboxylic acids is 1. The zero-order valence-corrected chi connectivity index (χ0v) is 14.3. The molecule has 1 amide bonds. The fraction of sp³-hybridized carbons (Fsp3) is 0.200. The van der Waals surface area contributed by atoms with Crippen molar-refractivity contribution in [3.63, 3.8) is 0 Å². The molecule has 2 rings (SSSR count). The average Bonchev–Trinajstić information content (AvgIpc) is 2.50. The van der Waals surface area contributed by atoms with Gasteiger partial charge < -0.3 is 5.32 Å². The average molecular weight is 372 g/mol. The smallest absolute Gasteiger partial charge is 0.255 e. The van der Waals surface area contributed by atoms with E-state index in [1.165, 1.54) is 30.5 Å². The number of rotatable bonds is 6. The van der Waals surface area contributed by atoms with Gasteiger partial charge >= 0.3 is 0 Å². The van der Waals surface area contributed by atoms with Crippen molar-refractivity contribution in [3.05, 3.63) is 52.9 Å². The van der Waals surface area contributed by atoms with Gasteiger partial charge in [-0.1, -0.05) is 18.5 Å². The monoisotopic (exact) mass is 371 g/mol. The largest absolute Gasteiger partial charge is 0.322 e. The van der Waals surface area contributed by atoms with Crippen LogP contribution in [0.25, 0.3) is 0 Å². The van der Waals surface area contributed by atoms with E-state index < -0.39 is 21.7 Å². The molecule has 0 aliphatic carbocycles. The Morgan fingerprint density at radius 3 is 2.71 bits per heavy atom. The molecule has 1 heterocycles. The van der Waals surface area contributed by atoms with Crippen LogP contribution in [0.15, 0.2) is 36.5 Å². The van der Waals surface area contributed by atoms with Crippen molar-refractivity contribution in [2.45, 2.75) is 13.3 Å². The molecule has 0 radical (unpaired) electrons. The highest BCUT2D eigenvalue weighted by Crippen LogP contribution is 2.20. The van der Waals surface area contributed by atoms with Crippen molar-refractivity contribution in [1.82, 2.24) is 4.98 Å². The van der Waals surface area contributed by atoms with Gasteiger partial charge in [0.05, 0.1) is 10.8 Å². The Morgan fingerprint density at radius 2 is 2.04 bits per heavy atom. The maximum absolute atomic E-state index is 13.1. The van der Waals surface area contributed by atoms with Crippen molar-refractivity contribution >= 4 is 39.0 Å². The van der Waals surface area contributed by atoms with Gasteiger partial charge in [-0.05, 0) is 36.8 Å². The Labute approximate surface area is 144 Å². The first-order valence-corrected chi connectivity index (χ1v) is 9.06. The van der Waals surface area contributed by atoms with Crippen molar-refractivity contribution in [3.8, 4) is 0 Å². The molecule has 9 heteroatoms. The van der Waals surface area contributed by atoms with Crippen molar-refractivity contribution in [1.29, 1.82) is 0 Å². The molecule has 6 nitrogen and oxygen atoms in total. The number of pyridine rings is 1. The highest BCUT2D eigenvalue weighted by molar-refractivity contribution is 7.92. The lowest BCUT2D eigenvalue weighted by molar-refractivity contribution is 0.102. The van der Waals surface area contributed by atoms with Gasteiger partial charge in [-0.15, -0.1) is 0 Å². The van der Waals surface area contributed by atoms with E-state index in [0.29, 0.717) is 12.1 Å². The van der Waals surface area contributed by atoms with E-state index in [9.17, 15) is 17.6 Å². The Kier molecular flexibility index (Phi) is 5.74. The summed E-state index contributed by atoms with van der Waals surface area (Å²) in [5, 5.41) is 2.43. The zero-order chi connectivity index (χ0) is 17.7. The van der Waals surface area contributed by atoms with Gasteiger partial charge in [-0.3, -0.25) is 9.52 Å². The minimum Gasteiger partial charge on any atom is -0.322 e. The van der Waals surface area contributed by atoms with Gasteiger partial charge in [0.15, 0.2) is 0 Å². The molecule has 2 aromatic rings. The van der Waals surface area contributed by atoms with Crippen LogP contribution in [0.5, 0.6) is 0 Å². The minimum atomic E-state index is -3.50. The summed E-state index contributed by atoms with van der Waals surface area (Å²) in [6.07, 6.45) is 1.77. The van der Waals surface area contributed by atoms with Crippen LogP contribution in [-0.2, 0) is 10.0 Å². The lowest BCUT2D eigenvalue weighted by Gasteiger charge is -2.09. The van der Waals surface area contributed by atoms with Gasteiger partial charge in [-0.2, -0.15) is 0 Å². The number of nitrogens with one attached hydrogen (secondary N) is 2. The van der Waals surface area contributed by atoms with Crippen molar-refractivity contribution in [2.24, 2.45) is 0 Å². The van der Waals surface area contributed by atoms with Crippen molar-refractivity contribution in [2.75, 3.05) is 15.8 Å². The van der Waals surface area contributed by atoms with E-state index in [4.69, 9.17) is 11.6 Å². The third-order valence-corrected chi connectivity index (χ3v) is 4.69. The van der Waals surface area contributed by atoms with Crippen LogP contribution in [0.4, 0.5) is 15.9 Å². The molecule has 0 spiro atoms. The highest BCUT2D eigenvalue weighted by Gasteiger charge is 2.13. The van der Waals surface area contributed by atoms with Crippen LogP contribution in [0.1, 0.15) is 23.7 Å². The quantitative estimate of drug-likeness (QED) is 0.815. The first-order chi connectivity index (χ1) is 11.3. The number of sulfonamides is 1. The van der Waals surface area contributed by atoms with Crippen LogP contribution >= 0.6 is 11.6 Å². The molecule has 0 saturated heterocycles. The highest BCUT2D eigenvalue weighted by atomic mass is 35.5. The number of hydrogen-bond donors (Lipinski definition) is 2. The standard InChI is InChI=1S/C15H15ClFN3O3S/c1-2-7-24(22,23)20-14-8-10(5-6-18-14)15(21)19-11-3-4-13(17)12(16)9-11/h3-6,8-9H,2,7H2,1H3,(H,18,20)(H,19,21). The first-order valence-electron chi connectivity index (χ1n) is 7.03. The van der Waals surface area contributed by atoms with E-state index >= 15 is 0 Å². The van der Waals surface area contributed by atoms with E-state index in [-0.39, 0.29) is 22.2 Å². The summed E-state index contributed by atoms with van der Waals surface area (Å²) in [4.78, 5) is 16.1. The number of hydrogen-bond acceptors (Lipinski definition) is 4. The summed E-state index contributed by atoms with van der Waals surface area (Å²) in [7, 11) is -3.50. The molecule has 0 bridgehead atoms. The molecule has 24 heavy (non-hydrogen) atoms. The maximum Gasteiger partial charge on any atom is 0.255 e. The second-order valence-corrected chi connectivity index (χ2v) is 7.18. The minimum absolute atomic E-state index is 0.0425. The van der Waals surface area contributed by atoms with Crippen LogP contribution in [0.2, 0.25) is 5.02 Å². The van der Waals surface area contributed by atoms with Gasteiger partial charge in [-0.25, -0.2) is 17.8 Å². The molecule has 0 unspecified atom stereocenters. The van der Waals surface area contributed by atoms with Crippen LogP contribution in [0.3, 0.4) is 0 Å². The van der Waals surface area contributed by atoms with E-state index in [2.05, 4.69) is 15.0 Å². The van der Waals surface area contributed by atoms with E-state index in [1.54, 1.807) is 6.92 Å². The van der Waals surface area contributed by atoms with E-state index in [0.717, 1.165) is 6.07 Å². The predicted octanol–water partition coefficient (Wildman–Crippen LogP) is 3.28. The number of halogens is 2. The molecule has 2 N–H and O–H groups in total. The summed E-state index contributed by atoms with van der Waals surface area (Å²) < 4.78 is 38.9. The van der Waals surface area contributed by atoms with Crippen LogP contribution < -0.4 is 10.0 Å². The van der Waals surface area contributed by atoms with Gasteiger partial charge in [0.1, 0.15) is 11.6 Å². The molecule has 0 saturated carbocycles. The topological polar surface area (TPSA) is 88.2 Å². The van der Waals surface area contributed by atoms with Crippen molar-refractivity contribution < 1.29 is 17.6 Å². The SMILES string of the molecule is CCCS(=O)(=O)Nc1cc(C(=O)Nc2ccc(F)c(Cl)c2)ccn1. The molecule has 1 aromatic heterocycles. The number of benzene rings is 1. The number of nitrogens with zero attached hydrogens (tertiary/aromatic N) is 1. The second kappa shape index (κ2) is 7.59. The number of aromatic nitrogens is 1. The molecule has 0 fully saturated rings. The fourth-order valence-corrected chi connectivity index (χ4v) is 3.13. The predicted molar refractivity (Wildman–Crippen MR) is 91.3 cm³/mol. The Hall–Kier alpha value is -2.19. The summed E-state index contributed by atoms with van der Waals surface area (Å²) in [6.45, 7) is 1.74. The normalized spacial score (nSPS) is 11.1. The van der Waals surface area contributed by atoms with Crippen LogP contribution in [0, 0.1) is 5.82 Å². The Morgan fingerprint density at radius 1 is 1.29 bits per heavy atom. The number of carbonyl (C=O) groups is 1. The van der Waals surface area contributed by atoms with Crippen LogP contribution in [-0.4, -0.2) is 25.1 Å². The first kappa shape index (κ1) is 18.2. The fourth-order valence-electron chi connectivity index (χ4n) is 1.88. The third-order valence-electron chi connectivity index (χ3n) is 2.93. The lowest BCUT2D eigenvalue weighted by Crippen LogP contribution is -2.18. The molecule has 0 aliphatic heterocycles. The van der Waals surface area contributed by atoms with E-state index in [1.807, 2.05) is 0 Å². The second-order valence-electron chi connectivity index (χ2n) is 4.93. The Balaban J connectivity index is 2.15.